The lowest BCUT2D eigenvalue weighted by Gasteiger charge is -2.60. The molecular weight excluding hydrogens is 430 g/mol. The minimum absolute atomic E-state index is 0.0452. The third-order valence-corrected chi connectivity index (χ3v) is 7.70. The van der Waals surface area contributed by atoms with Gasteiger partial charge in [-0.1, -0.05) is 39.7 Å². The average molecular weight is 455 g/mol. The zero-order valence-corrected chi connectivity index (χ0v) is 17.8. The molecule has 4 aliphatic rings. The zero-order chi connectivity index (χ0) is 19.2. The third kappa shape index (κ3) is 4.04. The Balaban J connectivity index is 1.35. The van der Waals surface area contributed by atoms with E-state index in [1.54, 1.807) is 31.2 Å². The fourth-order valence-corrected chi connectivity index (χ4v) is 7.63. The molecule has 0 heterocycles. The molecule has 0 aromatic heterocycles. The number of hydrogen-bond donors (Lipinski definition) is 1. The normalized spacial score (nSPS) is 34.9. The number of nitrogens with one attached hydrogen (secondary N) is 1. The van der Waals surface area contributed by atoms with Crippen LogP contribution in [-0.2, 0) is 14.3 Å². The van der Waals surface area contributed by atoms with Crippen molar-refractivity contribution in [3.8, 4) is 0 Å². The summed E-state index contributed by atoms with van der Waals surface area (Å²) in [6, 6.07) is 7.02. The van der Waals surface area contributed by atoms with Crippen molar-refractivity contribution in [3.05, 3.63) is 29.3 Å². The maximum Gasteiger partial charge on any atom is 0.307 e. The van der Waals surface area contributed by atoms with E-state index in [1.165, 1.54) is 19.3 Å². The molecule has 6 heteroatoms. The van der Waals surface area contributed by atoms with Gasteiger partial charge in [0.05, 0.1) is 17.1 Å². The molecule has 0 radical (unpaired) electrons. The van der Waals surface area contributed by atoms with Crippen molar-refractivity contribution in [2.24, 2.45) is 17.3 Å². The van der Waals surface area contributed by atoms with Gasteiger partial charge in [0.25, 0.3) is 5.91 Å². The number of para-hydroxylation sites is 1. The highest BCUT2D eigenvalue weighted by molar-refractivity contribution is 9.10. The number of alkyl halides is 1. The summed E-state index contributed by atoms with van der Waals surface area (Å²) in [7, 11) is 0. The molecular formula is C21H25BrClNO3. The van der Waals surface area contributed by atoms with Crippen LogP contribution >= 0.6 is 27.5 Å². The summed E-state index contributed by atoms with van der Waals surface area (Å²) in [5.74, 6) is 0.813. The van der Waals surface area contributed by atoms with Gasteiger partial charge in [-0.2, -0.15) is 0 Å². The van der Waals surface area contributed by atoms with Crippen LogP contribution in [0.5, 0.6) is 0 Å². The van der Waals surface area contributed by atoms with Crippen LogP contribution in [0.1, 0.15) is 51.9 Å². The first kappa shape index (κ1) is 19.3. The van der Waals surface area contributed by atoms with Gasteiger partial charge in [0.15, 0.2) is 6.10 Å². The molecule has 146 valence electrons. The zero-order valence-electron chi connectivity index (χ0n) is 15.5. The second kappa shape index (κ2) is 7.07. The molecule has 4 bridgehead atoms. The number of anilines is 1. The monoisotopic (exact) mass is 453 g/mol. The SMILES string of the molecule is CC(OC(=O)CC12CC3CC(CC(Br)(C3)C1)C2)C(=O)Nc1ccccc1Cl. The molecule has 1 aromatic carbocycles. The molecule has 4 saturated carbocycles. The van der Waals surface area contributed by atoms with E-state index >= 15 is 0 Å². The van der Waals surface area contributed by atoms with Crippen LogP contribution in [0.15, 0.2) is 24.3 Å². The predicted molar refractivity (Wildman–Crippen MR) is 109 cm³/mol. The van der Waals surface area contributed by atoms with Crippen LogP contribution in [0.2, 0.25) is 5.02 Å². The second-order valence-corrected chi connectivity index (χ2v) is 11.0. The van der Waals surface area contributed by atoms with E-state index in [4.69, 9.17) is 16.3 Å². The van der Waals surface area contributed by atoms with Gasteiger partial charge in [-0.05, 0) is 74.8 Å². The molecule has 1 amide bonds. The van der Waals surface area contributed by atoms with E-state index in [0.29, 0.717) is 17.1 Å². The topological polar surface area (TPSA) is 55.4 Å². The van der Waals surface area contributed by atoms with Crippen molar-refractivity contribution in [2.75, 3.05) is 5.32 Å². The number of hydrogen-bond acceptors (Lipinski definition) is 3. The number of carbonyl (C=O) groups excluding carboxylic acids is 2. The Labute approximate surface area is 173 Å². The Bertz CT molecular complexity index is 754. The molecule has 4 aliphatic carbocycles. The summed E-state index contributed by atoms with van der Waals surface area (Å²) in [5, 5.41) is 3.18. The predicted octanol–water partition coefficient (Wildman–Crippen LogP) is 5.33. The summed E-state index contributed by atoms with van der Waals surface area (Å²) in [5.41, 5.74) is 0.568. The number of carbonyl (C=O) groups is 2. The average Bonchev–Trinajstić information content (AvgIpc) is 2.53. The molecule has 27 heavy (non-hydrogen) atoms. The van der Waals surface area contributed by atoms with E-state index in [0.717, 1.165) is 31.1 Å². The van der Waals surface area contributed by atoms with Crippen LogP contribution in [0.25, 0.3) is 0 Å². The molecule has 3 unspecified atom stereocenters. The van der Waals surface area contributed by atoms with Crippen LogP contribution in [-0.4, -0.2) is 22.3 Å². The second-order valence-electron chi connectivity index (χ2n) is 8.89. The van der Waals surface area contributed by atoms with E-state index < -0.39 is 6.10 Å². The minimum Gasteiger partial charge on any atom is -0.453 e. The minimum atomic E-state index is -0.847. The molecule has 0 spiro atoms. The molecule has 4 fully saturated rings. The molecule has 3 atom stereocenters. The lowest BCUT2D eigenvalue weighted by Crippen LogP contribution is -2.53. The number of rotatable bonds is 5. The number of esters is 1. The van der Waals surface area contributed by atoms with Crippen molar-refractivity contribution in [3.63, 3.8) is 0 Å². The van der Waals surface area contributed by atoms with E-state index in [9.17, 15) is 9.59 Å². The van der Waals surface area contributed by atoms with Gasteiger partial charge in [0.1, 0.15) is 0 Å². The number of ether oxygens (including phenoxy) is 1. The molecule has 1 N–H and O–H groups in total. The highest BCUT2D eigenvalue weighted by Gasteiger charge is 2.57. The molecule has 0 aliphatic heterocycles. The van der Waals surface area contributed by atoms with E-state index in [2.05, 4.69) is 21.2 Å². The molecule has 0 saturated heterocycles. The van der Waals surface area contributed by atoms with Crippen LogP contribution in [0, 0.1) is 17.3 Å². The lowest BCUT2D eigenvalue weighted by atomic mass is 9.49. The van der Waals surface area contributed by atoms with Gasteiger partial charge >= 0.3 is 5.97 Å². The van der Waals surface area contributed by atoms with Crippen LogP contribution in [0.3, 0.4) is 0 Å². The molecule has 1 aromatic rings. The summed E-state index contributed by atoms with van der Waals surface area (Å²) in [6.07, 6.45) is 6.62. The van der Waals surface area contributed by atoms with Gasteiger partial charge in [-0.15, -0.1) is 0 Å². The highest BCUT2D eigenvalue weighted by Crippen LogP contribution is 2.65. The highest BCUT2D eigenvalue weighted by atomic mass is 79.9. The maximum atomic E-state index is 12.6. The summed E-state index contributed by atoms with van der Waals surface area (Å²) < 4.78 is 5.70. The van der Waals surface area contributed by atoms with Crippen LogP contribution < -0.4 is 5.32 Å². The Morgan fingerprint density at radius 1 is 1.26 bits per heavy atom. The van der Waals surface area contributed by atoms with Gasteiger partial charge in [0, 0.05) is 4.32 Å². The fourth-order valence-electron chi connectivity index (χ4n) is 5.94. The Kier molecular flexibility index (Phi) is 5.04. The van der Waals surface area contributed by atoms with Gasteiger partial charge in [-0.25, -0.2) is 0 Å². The standard InChI is InChI=1S/C21H25BrClNO3/c1-13(19(26)24-17-5-3-2-4-16(17)23)27-18(25)11-20-7-14-6-15(8-20)10-21(22,9-14)12-20/h2-5,13-15H,6-12H2,1H3,(H,24,26). The third-order valence-electron chi connectivity index (χ3n) is 6.44. The number of amides is 1. The Morgan fingerprint density at radius 2 is 1.93 bits per heavy atom. The van der Waals surface area contributed by atoms with E-state index in [1.807, 2.05) is 0 Å². The molecule has 5 rings (SSSR count). The van der Waals surface area contributed by atoms with E-state index in [-0.39, 0.29) is 21.6 Å². The first-order valence-corrected chi connectivity index (χ1v) is 10.9. The van der Waals surface area contributed by atoms with Crippen molar-refractivity contribution in [1.29, 1.82) is 0 Å². The Hall–Kier alpha value is -1.07. The molecule has 4 nitrogen and oxygen atoms in total. The maximum absolute atomic E-state index is 12.6. The quantitative estimate of drug-likeness (QED) is 0.483. The summed E-state index contributed by atoms with van der Waals surface area (Å²) in [4.78, 5) is 25.0. The van der Waals surface area contributed by atoms with Crippen LogP contribution in [0.4, 0.5) is 5.69 Å². The smallest absolute Gasteiger partial charge is 0.307 e. The van der Waals surface area contributed by atoms with Gasteiger partial charge in [0.2, 0.25) is 0 Å². The van der Waals surface area contributed by atoms with Crippen molar-refractivity contribution < 1.29 is 14.3 Å². The Morgan fingerprint density at radius 3 is 2.56 bits per heavy atom. The van der Waals surface area contributed by atoms with Crippen molar-refractivity contribution in [2.45, 2.75) is 62.3 Å². The number of halogens is 2. The van der Waals surface area contributed by atoms with Gasteiger partial charge < -0.3 is 10.1 Å². The van der Waals surface area contributed by atoms with Crippen molar-refractivity contribution in [1.82, 2.24) is 0 Å². The summed E-state index contributed by atoms with van der Waals surface area (Å²) in [6.45, 7) is 1.61. The lowest BCUT2D eigenvalue weighted by molar-refractivity contribution is -0.159. The fraction of sp³-hybridized carbons (Fsp3) is 0.619. The first-order chi connectivity index (χ1) is 12.8. The first-order valence-electron chi connectivity index (χ1n) is 9.70. The van der Waals surface area contributed by atoms with Crippen molar-refractivity contribution >= 4 is 45.1 Å². The largest absolute Gasteiger partial charge is 0.453 e. The number of benzene rings is 1. The summed E-state index contributed by atoms with van der Waals surface area (Å²) >= 11 is 10.0. The van der Waals surface area contributed by atoms with Gasteiger partial charge in [-0.3, -0.25) is 9.59 Å².